The monoisotopic (exact) mass is 139 g/mol. The van der Waals surface area contributed by atoms with E-state index >= 15 is 0 Å². The number of ether oxygens (including phenoxy) is 1. The minimum atomic E-state index is 0. The second-order valence-electron chi connectivity index (χ2n) is 1.30. The highest BCUT2D eigenvalue weighted by Gasteiger charge is 1.76. The number of hydrogen-bond donors (Lipinski definition) is 1. The molecule has 0 aliphatic carbocycles. The summed E-state index contributed by atoms with van der Waals surface area (Å²) in [6.45, 7) is 4.60. The van der Waals surface area contributed by atoms with E-state index in [1.165, 1.54) is 0 Å². The van der Waals surface area contributed by atoms with Crippen LogP contribution in [0.2, 0.25) is 0 Å². The second kappa shape index (κ2) is 10.2. The third-order valence-corrected chi connectivity index (χ3v) is 0.701. The number of hydrogen-bond acceptors (Lipinski definition) is 2. The van der Waals surface area contributed by atoms with Crippen molar-refractivity contribution in [3.63, 3.8) is 0 Å². The molecule has 1 N–H and O–H groups in total. The Morgan fingerprint density at radius 1 is 1.50 bits per heavy atom. The fraction of sp³-hybridized carbons (Fsp3) is 1.00. The van der Waals surface area contributed by atoms with Gasteiger partial charge in [-0.3, -0.25) is 0 Å². The zero-order valence-corrected chi connectivity index (χ0v) is 6.25. The summed E-state index contributed by atoms with van der Waals surface area (Å²) in [5.74, 6) is 0. The van der Waals surface area contributed by atoms with Crippen molar-refractivity contribution in [2.45, 2.75) is 6.92 Å². The Morgan fingerprint density at radius 2 is 2.12 bits per heavy atom. The van der Waals surface area contributed by atoms with Gasteiger partial charge in [0.2, 0.25) is 0 Å². The number of nitrogens with one attached hydrogen (secondary N) is 1. The summed E-state index contributed by atoms with van der Waals surface area (Å²) in [5, 5.41) is 2.98. The van der Waals surface area contributed by atoms with Crippen molar-refractivity contribution in [1.82, 2.24) is 5.32 Å². The zero-order chi connectivity index (χ0) is 5.54. The molecule has 0 bridgehead atoms. The van der Waals surface area contributed by atoms with Crippen LogP contribution in [0.4, 0.5) is 0 Å². The van der Waals surface area contributed by atoms with Crippen LogP contribution in [0.15, 0.2) is 0 Å². The molecule has 0 saturated heterocycles. The molecule has 8 heavy (non-hydrogen) atoms. The first-order valence-electron chi connectivity index (χ1n) is 2.64. The number of rotatable bonds is 4. The highest BCUT2D eigenvalue weighted by molar-refractivity contribution is 5.85. The van der Waals surface area contributed by atoms with Gasteiger partial charge >= 0.3 is 0 Å². The van der Waals surface area contributed by atoms with E-state index in [2.05, 4.69) is 5.32 Å². The Hall–Kier alpha value is 0.210. The first kappa shape index (κ1) is 11.1. The Kier molecular flexibility index (Phi) is 14.2. The van der Waals surface area contributed by atoms with Gasteiger partial charge in [0, 0.05) is 13.2 Å². The Balaban J connectivity index is 0. The molecule has 52 valence electrons. The number of halogens is 1. The van der Waals surface area contributed by atoms with Crippen LogP contribution in [0.3, 0.4) is 0 Å². The second-order valence-corrected chi connectivity index (χ2v) is 1.30. The first-order valence-corrected chi connectivity index (χ1v) is 2.64. The van der Waals surface area contributed by atoms with E-state index in [0.717, 1.165) is 19.8 Å². The molecular weight excluding hydrogens is 126 g/mol. The lowest BCUT2D eigenvalue weighted by Crippen LogP contribution is -2.13. The van der Waals surface area contributed by atoms with E-state index in [9.17, 15) is 0 Å². The van der Waals surface area contributed by atoms with Crippen LogP contribution in [0.1, 0.15) is 6.92 Å². The molecule has 0 aromatic carbocycles. The van der Waals surface area contributed by atoms with Crippen molar-refractivity contribution < 1.29 is 4.74 Å². The number of likely N-dealkylation sites (N-methyl/N-ethyl adjacent to an activating group) is 1. The van der Waals surface area contributed by atoms with Gasteiger partial charge in [-0.25, -0.2) is 0 Å². The minimum absolute atomic E-state index is 0. The molecule has 0 spiro atoms. The van der Waals surface area contributed by atoms with Crippen molar-refractivity contribution >= 4 is 12.4 Å². The predicted molar refractivity (Wildman–Crippen MR) is 37.7 cm³/mol. The predicted octanol–water partition coefficient (Wildman–Crippen LogP) is 0.664. The molecule has 0 radical (unpaired) electrons. The maximum Gasteiger partial charge on any atom is 0.0590 e. The van der Waals surface area contributed by atoms with Gasteiger partial charge in [-0.15, -0.1) is 12.4 Å². The van der Waals surface area contributed by atoms with Crippen molar-refractivity contribution in [2.75, 3.05) is 26.8 Å². The summed E-state index contributed by atoms with van der Waals surface area (Å²) < 4.78 is 5.01. The molecule has 0 aliphatic rings. The Labute approximate surface area is 57.0 Å². The van der Waals surface area contributed by atoms with Gasteiger partial charge in [-0.2, -0.15) is 0 Å². The summed E-state index contributed by atoms with van der Waals surface area (Å²) in [6, 6.07) is 0. The largest absolute Gasteiger partial charge is 0.380 e. The fourth-order valence-electron chi connectivity index (χ4n) is 0.319. The molecule has 0 unspecified atom stereocenters. The van der Waals surface area contributed by atoms with Crippen LogP contribution in [-0.2, 0) is 4.74 Å². The van der Waals surface area contributed by atoms with Crippen molar-refractivity contribution in [2.24, 2.45) is 0 Å². The minimum Gasteiger partial charge on any atom is -0.380 e. The SMILES string of the molecule is CCOCCNC.Cl. The van der Waals surface area contributed by atoms with Gasteiger partial charge in [0.25, 0.3) is 0 Å². The highest BCUT2D eigenvalue weighted by Crippen LogP contribution is 1.67. The first-order chi connectivity index (χ1) is 3.41. The van der Waals surface area contributed by atoms with Gasteiger partial charge in [-0.1, -0.05) is 0 Å². The van der Waals surface area contributed by atoms with Crippen LogP contribution < -0.4 is 5.32 Å². The van der Waals surface area contributed by atoms with E-state index in [0.29, 0.717) is 0 Å². The molecule has 0 saturated carbocycles. The van der Waals surface area contributed by atoms with Gasteiger partial charge in [-0.05, 0) is 14.0 Å². The smallest absolute Gasteiger partial charge is 0.0590 e. The molecule has 0 atom stereocenters. The normalized spacial score (nSPS) is 8.25. The average Bonchev–Trinajstić information content (AvgIpc) is 1.69. The summed E-state index contributed by atoms with van der Waals surface area (Å²) in [7, 11) is 1.92. The topological polar surface area (TPSA) is 21.3 Å². The fourth-order valence-corrected chi connectivity index (χ4v) is 0.319. The van der Waals surface area contributed by atoms with E-state index in [1.807, 2.05) is 14.0 Å². The van der Waals surface area contributed by atoms with Gasteiger partial charge in [0.05, 0.1) is 6.61 Å². The van der Waals surface area contributed by atoms with E-state index in [1.54, 1.807) is 0 Å². The molecule has 0 fully saturated rings. The third-order valence-electron chi connectivity index (χ3n) is 0.701. The van der Waals surface area contributed by atoms with Crippen LogP contribution in [0.25, 0.3) is 0 Å². The average molecular weight is 140 g/mol. The standard InChI is InChI=1S/C5H13NO.ClH/c1-3-7-5-4-6-2;/h6H,3-5H2,1-2H3;1H. The van der Waals surface area contributed by atoms with Crippen molar-refractivity contribution in [3.05, 3.63) is 0 Å². The lowest BCUT2D eigenvalue weighted by atomic mass is 10.7. The van der Waals surface area contributed by atoms with Crippen LogP contribution in [0, 0.1) is 0 Å². The molecule has 0 amide bonds. The van der Waals surface area contributed by atoms with Crippen LogP contribution in [0.5, 0.6) is 0 Å². The maximum absolute atomic E-state index is 5.01. The molecule has 0 aliphatic heterocycles. The summed E-state index contributed by atoms with van der Waals surface area (Å²) >= 11 is 0. The van der Waals surface area contributed by atoms with Gasteiger partial charge in [0.15, 0.2) is 0 Å². The molecule has 2 nitrogen and oxygen atoms in total. The quantitative estimate of drug-likeness (QED) is 0.578. The summed E-state index contributed by atoms with van der Waals surface area (Å²) in [4.78, 5) is 0. The molecule has 0 aromatic heterocycles. The maximum atomic E-state index is 5.01. The van der Waals surface area contributed by atoms with Crippen LogP contribution >= 0.6 is 12.4 Å². The van der Waals surface area contributed by atoms with E-state index in [-0.39, 0.29) is 12.4 Å². The Bertz CT molecular complexity index is 31.6. The molecule has 0 rings (SSSR count). The lowest BCUT2D eigenvalue weighted by molar-refractivity contribution is 0.151. The molecule has 0 aromatic rings. The van der Waals surface area contributed by atoms with E-state index in [4.69, 9.17) is 4.74 Å². The zero-order valence-electron chi connectivity index (χ0n) is 5.44. The molecule has 3 heteroatoms. The molecule has 0 heterocycles. The summed E-state index contributed by atoms with van der Waals surface area (Å²) in [6.07, 6.45) is 0. The molecular formula is C5H14ClNO. The summed E-state index contributed by atoms with van der Waals surface area (Å²) in [5.41, 5.74) is 0. The lowest BCUT2D eigenvalue weighted by Gasteiger charge is -1.96. The third kappa shape index (κ3) is 9.51. The van der Waals surface area contributed by atoms with Crippen LogP contribution in [-0.4, -0.2) is 26.8 Å². The Morgan fingerprint density at radius 3 is 2.50 bits per heavy atom. The van der Waals surface area contributed by atoms with Gasteiger partial charge in [0.1, 0.15) is 0 Å². The van der Waals surface area contributed by atoms with Crippen molar-refractivity contribution in [1.29, 1.82) is 0 Å². The van der Waals surface area contributed by atoms with E-state index < -0.39 is 0 Å². The van der Waals surface area contributed by atoms with Gasteiger partial charge < -0.3 is 10.1 Å². The van der Waals surface area contributed by atoms with Crippen molar-refractivity contribution in [3.8, 4) is 0 Å². The highest BCUT2D eigenvalue weighted by atomic mass is 35.5.